The molecule has 2 aromatic carbocycles. The molecule has 0 aliphatic rings. The fourth-order valence-corrected chi connectivity index (χ4v) is 2.00. The van der Waals surface area contributed by atoms with Gasteiger partial charge in [-0.15, -0.1) is 0 Å². The molecule has 0 aliphatic carbocycles. The van der Waals surface area contributed by atoms with Crippen LogP contribution in [0.1, 0.15) is 17.3 Å². The van der Waals surface area contributed by atoms with Gasteiger partial charge >= 0.3 is 12.0 Å². The van der Waals surface area contributed by atoms with Crippen LogP contribution >= 0.6 is 11.6 Å². The Morgan fingerprint density at radius 2 is 1.59 bits per heavy atom. The summed E-state index contributed by atoms with van der Waals surface area (Å²) in [5.74, 6) is -0.490. The molecule has 0 aromatic heterocycles. The van der Waals surface area contributed by atoms with E-state index < -0.39 is 12.0 Å². The summed E-state index contributed by atoms with van der Waals surface area (Å²) in [4.78, 5) is 23.9. The smallest absolute Gasteiger partial charge is 0.340 e. The molecule has 0 atom stereocenters. The standard InChI is InChI=1S/C16H15ClN2O3/c1-2-22-15(20)11-7-3-5-9-13(11)18-16(21)19-14-10-6-4-8-12(14)17/h3-10H,2H2,1H3,(H2,18,19,21). The Hall–Kier alpha value is -2.53. The molecular formula is C16H15ClN2O3. The second-order valence-electron chi connectivity index (χ2n) is 4.33. The Morgan fingerprint density at radius 3 is 2.27 bits per heavy atom. The number of hydrogen-bond donors (Lipinski definition) is 2. The maximum absolute atomic E-state index is 12.0. The van der Waals surface area contributed by atoms with Crippen LogP contribution in [0.5, 0.6) is 0 Å². The van der Waals surface area contributed by atoms with Gasteiger partial charge in [0.15, 0.2) is 0 Å². The lowest BCUT2D eigenvalue weighted by molar-refractivity contribution is 0.0527. The van der Waals surface area contributed by atoms with Gasteiger partial charge in [-0.05, 0) is 31.2 Å². The van der Waals surface area contributed by atoms with Crippen LogP contribution in [0.4, 0.5) is 16.2 Å². The van der Waals surface area contributed by atoms with Crippen LogP contribution < -0.4 is 10.6 Å². The second-order valence-corrected chi connectivity index (χ2v) is 4.73. The van der Waals surface area contributed by atoms with Gasteiger partial charge in [-0.2, -0.15) is 0 Å². The summed E-state index contributed by atoms with van der Waals surface area (Å²) in [5, 5.41) is 5.67. The summed E-state index contributed by atoms with van der Waals surface area (Å²) in [6.07, 6.45) is 0. The molecule has 0 heterocycles. The number of anilines is 2. The van der Waals surface area contributed by atoms with Gasteiger partial charge in [0.05, 0.1) is 28.6 Å². The Morgan fingerprint density at radius 1 is 1.00 bits per heavy atom. The lowest BCUT2D eigenvalue weighted by atomic mass is 10.2. The maximum atomic E-state index is 12.0. The van der Waals surface area contributed by atoms with Crippen LogP contribution in [0.3, 0.4) is 0 Å². The number of nitrogens with one attached hydrogen (secondary N) is 2. The monoisotopic (exact) mass is 318 g/mol. The SMILES string of the molecule is CCOC(=O)c1ccccc1NC(=O)Nc1ccccc1Cl. The van der Waals surface area contributed by atoms with Gasteiger partial charge in [0, 0.05) is 0 Å². The topological polar surface area (TPSA) is 67.4 Å². The van der Waals surface area contributed by atoms with E-state index in [1.54, 1.807) is 55.5 Å². The third-order valence-electron chi connectivity index (χ3n) is 2.79. The summed E-state index contributed by atoms with van der Waals surface area (Å²) in [6, 6.07) is 13.0. The minimum Gasteiger partial charge on any atom is -0.462 e. The van der Waals surface area contributed by atoms with E-state index in [4.69, 9.17) is 16.3 Å². The molecule has 22 heavy (non-hydrogen) atoms. The van der Waals surface area contributed by atoms with Gasteiger partial charge in [0.2, 0.25) is 0 Å². The summed E-state index contributed by atoms with van der Waals surface area (Å²) in [7, 11) is 0. The van der Waals surface area contributed by atoms with Crippen molar-refractivity contribution >= 4 is 35.0 Å². The van der Waals surface area contributed by atoms with E-state index in [0.29, 0.717) is 22.0 Å². The van der Waals surface area contributed by atoms with E-state index in [9.17, 15) is 9.59 Å². The molecule has 2 N–H and O–H groups in total. The molecule has 2 rings (SSSR count). The molecule has 6 heteroatoms. The van der Waals surface area contributed by atoms with E-state index in [-0.39, 0.29) is 6.61 Å². The van der Waals surface area contributed by atoms with Crippen molar-refractivity contribution in [3.05, 3.63) is 59.1 Å². The van der Waals surface area contributed by atoms with Gasteiger partial charge in [-0.1, -0.05) is 35.9 Å². The number of urea groups is 1. The molecular weight excluding hydrogens is 304 g/mol. The number of benzene rings is 2. The Balaban J connectivity index is 2.12. The van der Waals surface area contributed by atoms with Crippen molar-refractivity contribution in [1.82, 2.24) is 0 Å². The predicted molar refractivity (Wildman–Crippen MR) is 86.5 cm³/mol. The molecule has 5 nitrogen and oxygen atoms in total. The number of esters is 1. The summed E-state index contributed by atoms with van der Waals surface area (Å²) >= 11 is 5.98. The zero-order valence-corrected chi connectivity index (χ0v) is 12.7. The predicted octanol–water partition coefficient (Wildman–Crippen LogP) is 4.16. The minimum absolute atomic E-state index is 0.263. The molecule has 2 amide bonds. The van der Waals surface area contributed by atoms with E-state index in [1.807, 2.05) is 0 Å². The van der Waals surface area contributed by atoms with Crippen LogP contribution in [0.25, 0.3) is 0 Å². The average Bonchev–Trinajstić information content (AvgIpc) is 2.50. The Bertz CT molecular complexity index is 689. The number of amides is 2. The average molecular weight is 319 g/mol. The summed E-state index contributed by atoms with van der Waals surface area (Å²) < 4.78 is 4.96. The highest BCUT2D eigenvalue weighted by atomic mass is 35.5. The van der Waals surface area contributed by atoms with Crippen molar-refractivity contribution in [2.75, 3.05) is 17.2 Å². The summed E-state index contributed by atoms with van der Waals surface area (Å²) in [6.45, 7) is 1.98. The van der Waals surface area contributed by atoms with Gasteiger partial charge < -0.3 is 15.4 Å². The van der Waals surface area contributed by atoms with Gasteiger partial charge in [0.25, 0.3) is 0 Å². The van der Waals surface area contributed by atoms with Crippen molar-refractivity contribution in [3.63, 3.8) is 0 Å². The molecule has 0 saturated heterocycles. The minimum atomic E-state index is -0.496. The van der Waals surface area contributed by atoms with Gasteiger partial charge in [-0.3, -0.25) is 0 Å². The quantitative estimate of drug-likeness (QED) is 0.832. The van der Waals surface area contributed by atoms with Crippen molar-refractivity contribution in [1.29, 1.82) is 0 Å². The lowest BCUT2D eigenvalue weighted by Gasteiger charge is -2.12. The molecule has 0 spiro atoms. The molecule has 114 valence electrons. The molecule has 0 saturated carbocycles. The fourth-order valence-electron chi connectivity index (χ4n) is 1.82. The van der Waals surface area contributed by atoms with Crippen LogP contribution in [0, 0.1) is 0 Å². The number of carbonyl (C=O) groups excluding carboxylic acids is 2. The van der Waals surface area contributed by atoms with Crippen molar-refractivity contribution in [2.45, 2.75) is 6.92 Å². The number of hydrogen-bond acceptors (Lipinski definition) is 3. The molecule has 2 aromatic rings. The Labute approximate surface area is 133 Å². The number of para-hydroxylation sites is 2. The zero-order chi connectivity index (χ0) is 15.9. The van der Waals surface area contributed by atoms with Crippen molar-refractivity contribution in [3.8, 4) is 0 Å². The maximum Gasteiger partial charge on any atom is 0.340 e. The number of ether oxygens (including phenoxy) is 1. The first-order valence-electron chi connectivity index (χ1n) is 6.70. The van der Waals surface area contributed by atoms with Crippen molar-refractivity contribution in [2.24, 2.45) is 0 Å². The zero-order valence-electron chi connectivity index (χ0n) is 11.9. The van der Waals surface area contributed by atoms with Crippen LogP contribution in [0.2, 0.25) is 5.02 Å². The van der Waals surface area contributed by atoms with Crippen molar-refractivity contribution < 1.29 is 14.3 Å². The molecule has 0 bridgehead atoms. The fraction of sp³-hybridized carbons (Fsp3) is 0.125. The highest BCUT2D eigenvalue weighted by Crippen LogP contribution is 2.21. The largest absolute Gasteiger partial charge is 0.462 e. The third-order valence-corrected chi connectivity index (χ3v) is 3.12. The van der Waals surface area contributed by atoms with E-state index in [1.165, 1.54) is 0 Å². The van der Waals surface area contributed by atoms with E-state index in [0.717, 1.165) is 0 Å². The third kappa shape index (κ3) is 3.99. The first-order chi connectivity index (χ1) is 10.6. The van der Waals surface area contributed by atoms with Crippen LogP contribution in [-0.4, -0.2) is 18.6 Å². The molecule has 0 radical (unpaired) electrons. The highest BCUT2D eigenvalue weighted by Gasteiger charge is 2.14. The van der Waals surface area contributed by atoms with Crippen LogP contribution in [0.15, 0.2) is 48.5 Å². The van der Waals surface area contributed by atoms with E-state index in [2.05, 4.69) is 10.6 Å². The molecule has 0 aliphatic heterocycles. The number of carbonyl (C=O) groups is 2. The molecule has 0 fully saturated rings. The number of rotatable bonds is 4. The lowest BCUT2D eigenvalue weighted by Crippen LogP contribution is -2.21. The normalized spacial score (nSPS) is 9.91. The number of halogens is 1. The first kappa shape index (κ1) is 15.9. The van der Waals surface area contributed by atoms with Gasteiger partial charge in [0.1, 0.15) is 0 Å². The second kappa shape index (κ2) is 7.47. The molecule has 0 unspecified atom stereocenters. The summed E-state index contributed by atoms with van der Waals surface area (Å²) in [5.41, 5.74) is 1.14. The van der Waals surface area contributed by atoms with Crippen LogP contribution in [-0.2, 0) is 4.74 Å². The highest BCUT2D eigenvalue weighted by molar-refractivity contribution is 6.33. The first-order valence-corrected chi connectivity index (χ1v) is 7.08. The Kier molecular flexibility index (Phi) is 5.38. The van der Waals surface area contributed by atoms with E-state index >= 15 is 0 Å². The van der Waals surface area contributed by atoms with Gasteiger partial charge in [-0.25, -0.2) is 9.59 Å².